The van der Waals surface area contributed by atoms with Crippen molar-refractivity contribution < 1.29 is 7.45 Å². The van der Waals surface area contributed by atoms with Crippen LogP contribution in [0.1, 0.15) is 105 Å². The molecule has 0 atom stereocenters. The minimum absolute atomic E-state index is 0.0443. The molecule has 1 radical (unpaired) electrons. The summed E-state index contributed by atoms with van der Waals surface area (Å²) in [6.07, 6.45) is 0. The van der Waals surface area contributed by atoms with Crippen molar-refractivity contribution in [3.05, 3.63) is 107 Å². The number of benzene rings is 4. The van der Waals surface area contributed by atoms with E-state index in [1.165, 1.54) is 22.3 Å². The van der Waals surface area contributed by atoms with Gasteiger partial charge >= 0.3 is 276 Å². The zero-order valence-electron chi connectivity index (χ0n) is 29.2. The molecule has 0 aromatic heterocycles. The van der Waals surface area contributed by atoms with Crippen LogP contribution in [0.3, 0.4) is 0 Å². The molecule has 0 N–H and O–H groups in total. The van der Waals surface area contributed by atoms with Gasteiger partial charge in [0.15, 0.2) is 0 Å². The van der Waals surface area contributed by atoms with E-state index in [1.807, 2.05) is 0 Å². The van der Waals surface area contributed by atoms with Gasteiger partial charge in [-0.1, -0.05) is 0 Å². The molecule has 0 bridgehead atoms. The number of anilines is 4. The summed E-state index contributed by atoms with van der Waals surface area (Å²) < 4.78 is 20.1. The first-order chi connectivity index (χ1) is 20.8. The molecule has 2 aliphatic rings. The number of hydrogen-bond donors (Lipinski definition) is 0. The van der Waals surface area contributed by atoms with Crippen molar-refractivity contribution >= 4 is 37.4 Å². The average molecular weight is 666 g/mol. The molecule has 2 heterocycles. The van der Waals surface area contributed by atoms with E-state index in [2.05, 4.69) is 176 Å². The maximum atomic E-state index is 7.59. The van der Waals surface area contributed by atoms with Crippen LogP contribution < -0.4 is 15.1 Å². The normalized spacial score (nSPS) is 15.6. The Morgan fingerprint density at radius 1 is 0.489 bits per heavy atom. The summed E-state index contributed by atoms with van der Waals surface area (Å²) in [7, 11) is 0. The third-order valence-electron chi connectivity index (χ3n) is 8.87. The SMILES string of the molecule is CC(C)(C)c1cc2c(c(C(C)(C)C)c1)O[As]1(N(c3ccccc3)c3ccccc3)Oc3c(cc(C(C)(C)C)cc3C(C)(C)C)N21. The Morgan fingerprint density at radius 2 is 0.844 bits per heavy atom. The molecule has 237 valence electrons. The molecule has 0 amide bonds. The van der Waals surface area contributed by atoms with Gasteiger partial charge < -0.3 is 0 Å². The summed E-state index contributed by atoms with van der Waals surface area (Å²) in [4.78, 5) is 0. The molecule has 5 heteroatoms. The van der Waals surface area contributed by atoms with Gasteiger partial charge in [0, 0.05) is 0 Å². The van der Waals surface area contributed by atoms with Crippen molar-refractivity contribution in [2.24, 2.45) is 0 Å². The Labute approximate surface area is 275 Å². The van der Waals surface area contributed by atoms with Crippen LogP contribution in [0.2, 0.25) is 0 Å². The summed E-state index contributed by atoms with van der Waals surface area (Å²) in [5.74, 6) is 1.90. The van der Waals surface area contributed by atoms with Gasteiger partial charge in [0.05, 0.1) is 0 Å². The second-order valence-electron chi connectivity index (χ2n) is 16.7. The number of hydrogen-bond acceptors (Lipinski definition) is 4. The summed E-state index contributed by atoms with van der Waals surface area (Å²) in [6.45, 7) is 27.5. The molecule has 0 aliphatic carbocycles. The van der Waals surface area contributed by atoms with E-state index in [-0.39, 0.29) is 21.7 Å². The molecule has 0 spiro atoms. The molecule has 0 saturated heterocycles. The summed E-state index contributed by atoms with van der Waals surface area (Å²) in [5, 5.41) is 0. The van der Waals surface area contributed by atoms with Gasteiger partial charge in [0.2, 0.25) is 0 Å². The summed E-state index contributed by atoms with van der Waals surface area (Å²) in [6, 6.07) is 30.8. The zero-order chi connectivity index (χ0) is 32.7. The first-order valence-corrected chi connectivity index (χ1v) is 19.4. The Kier molecular flexibility index (Phi) is 7.25. The van der Waals surface area contributed by atoms with Crippen LogP contribution >= 0.6 is 0 Å². The molecule has 45 heavy (non-hydrogen) atoms. The number of nitrogens with zero attached hydrogens (tertiary/aromatic N) is 2. The number of fused-ring (bicyclic) bond motifs is 5. The second-order valence-corrected chi connectivity index (χ2v) is 21.2. The molecule has 0 fully saturated rings. The Balaban J connectivity index is 1.76. The Hall–Kier alpha value is -3.36. The van der Waals surface area contributed by atoms with Crippen LogP contribution in [0.25, 0.3) is 0 Å². The van der Waals surface area contributed by atoms with Gasteiger partial charge in [-0.2, -0.15) is 0 Å². The van der Waals surface area contributed by atoms with E-state index in [4.69, 9.17) is 7.45 Å². The van der Waals surface area contributed by atoms with E-state index in [0.29, 0.717) is 0 Å². The molecule has 0 unspecified atom stereocenters. The zero-order valence-corrected chi connectivity index (χ0v) is 31.1. The molecule has 4 nitrogen and oxygen atoms in total. The quantitative estimate of drug-likeness (QED) is 0.203. The van der Waals surface area contributed by atoms with Gasteiger partial charge in [-0.25, -0.2) is 0 Å². The van der Waals surface area contributed by atoms with Crippen molar-refractivity contribution in [1.29, 1.82) is 0 Å². The van der Waals surface area contributed by atoms with Gasteiger partial charge in [-0.05, 0) is 0 Å². The fourth-order valence-electron chi connectivity index (χ4n) is 6.20. The molecular formula is C40H50AsN2O2. The number of para-hydroxylation sites is 2. The Bertz CT molecular complexity index is 1610. The predicted molar refractivity (Wildman–Crippen MR) is 192 cm³/mol. The van der Waals surface area contributed by atoms with Crippen molar-refractivity contribution in [3.63, 3.8) is 0 Å². The van der Waals surface area contributed by atoms with Crippen molar-refractivity contribution in [2.45, 2.75) is 105 Å². The maximum absolute atomic E-state index is 7.59. The van der Waals surface area contributed by atoms with Crippen LogP contribution in [0.5, 0.6) is 11.5 Å². The van der Waals surface area contributed by atoms with Crippen LogP contribution in [0.15, 0.2) is 84.9 Å². The van der Waals surface area contributed by atoms with E-state index in [9.17, 15) is 0 Å². The second kappa shape index (κ2) is 10.3. The fraction of sp³-hybridized carbons (Fsp3) is 0.400. The third kappa shape index (κ3) is 5.34. The van der Waals surface area contributed by atoms with E-state index in [1.54, 1.807) is 0 Å². The minimum atomic E-state index is -4.06. The van der Waals surface area contributed by atoms with E-state index >= 15 is 0 Å². The van der Waals surface area contributed by atoms with Gasteiger partial charge in [0.1, 0.15) is 0 Å². The van der Waals surface area contributed by atoms with Gasteiger partial charge in [-0.15, -0.1) is 0 Å². The van der Waals surface area contributed by atoms with Crippen molar-refractivity contribution in [3.8, 4) is 11.5 Å². The molecular weight excluding hydrogens is 615 g/mol. The number of rotatable bonds is 3. The van der Waals surface area contributed by atoms with Crippen LogP contribution in [-0.4, -0.2) is 14.7 Å². The van der Waals surface area contributed by atoms with Crippen LogP contribution in [0.4, 0.5) is 22.7 Å². The van der Waals surface area contributed by atoms with Crippen molar-refractivity contribution in [2.75, 3.05) is 7.63 Å². The van der Waals surface area contributed by atoms with E-state index in [0.717, 1.165) is 34.2 Å². The summed E-state index contributed by atoms with van der Waals surface area (Å²) in [5.41, 5.74) is 9.01. The third-order valence-corrected chi connectivity index (χ3v) is 14.6. The standard InChI is InChI=1S/C40H50AsN2O2/c1-37(2,3)27-23-31(39(7,8)9)35-33(25-27)43-34-26-28(38(4,5)6)24-32(40(10,11)12)36(34)45-41(43,44-35)42(29-19-15-13-16-20-29)30-21-17-14-18-22-30/h13-26H,1-12H3. The topological polar surface area (TPSA) is 24.9 Å². The average Bonchev–Trinajstić information content (AvgIpc) is 3.42. The molecule has 6 rings (SSSR count). The molecule has 0 saturated carbocycles. The molecule has 4 aromatic carbocycles. The van der Waals surface area contributed by atoms with Crippen molar-refractivity contribution in [1.82, 2.24) is 0 Å². The fourth-order valence-corrected chi connectivity index (χ4v) is 12.7. The van der Waals surface area contributed by atoms with E-state index < -0.39 is 14.7 Å². The first-order valence-electron chi connectivity index (χ1n) is 16.2. The van der Waals surface area contributed by atoms with Gasteiger partial charge in [0.25, 0.3) is 0 Å². The summed E-state index contributed by atoms with van der Waals surface area (Å²) >= 11 is -4.06. The molecule has 2 aliphatic heterocycles. The van der Waals surface area contributed by atoms with Gasteiger partial charge in [-0.3, -0.25) is 0 Å². The Morgan fingerprint density at radius 3 is 1.16 bits per heavy atom. The first kappa shape index (κ1) is 31.6. The predicted octanol–water partition coefficient (Wildman–Crippen LogP) is 11.1. The van der Waals surface area contributed by atoms with Crippen LogP contribution in [0, 0.1) is 0 Å². The monoisotopic (exact) mass is 665 g/mol. The molecule has 4 aromatic rings. The van der Waals surface area contributed by atoms with Crippen LogP contribution in [-0.2, 0) is 21.7 Å².